The van der Waals surface area contributed by atoms with Crippen molar-refractivity contribution in [1.82, 2.24) is 14.5 Å². The van der Waals surface area contributed by atoms with Gasteiger partial charge in [-0.05, 0) is 91.7 Å². The third-order valence-electron chi connectivity index (χ3n) is 7.02. The number of carbonyl (C=O) groups excluding carboxylic acids is 2. The van der Waals surface area contributed by atoms with E-state index in [9.17, 15) is 14.0 Å². The SMILES string of the molecule is CC(C)(C)OC(=O)N1CCC(c2ccc3nc(NC(=O)c4c(F)cccc4Br)n(C4CCOC4)c3c2)CC1. The van der Waals surface area contributed by atoms with Crippen LogP contribution in [0.5, 0.6) is 0 Å². The van der Waals surface area contributed by atoms with Crippen LogP contribution in [0.1, 0.15) is 67.9 Å². The van der Waals surface area contributed by atoms with E-state index in [2.05, 4.69) is 33.4 Å². The number of imidazole rings is 1. The topological polar surface area (TPSA) is 85.7 Å². The summed E-state index contributed by atoms with van der Waals surface area (Å²) in [7, 11) is 0. The first-order chi connectivity index (χ1) is 18.1. The van der Waals surface area contributed by atoms with Crippen LogP contribution in [0.3, 0.4) is 0 Å². The van der Waals surface area contributed by atoms with Gasteiger partial charge in [0, 0.05) is 24.2 Å². The molecule has 2 aliphatic heterocycles. The number of amides is 2. The fraction of sp³-hybridized carbons (Fsp3) is 0.464. The molecule has 202 valence electrons. The molecule has 0 spiro atoms. The maximum absolute atomic E-state index is 14.5. The maximum Gasteiger partial charge on any atom is 0.410 e. The molecule has 10 heteroatoms. The average molecular weight is 587 g/mol. The van der Waals surface area contributed by atoms with Crippen molar-refractivity contribution in [3.05, 3.63) is 57.8 Å². The van der Waals surface area contributed by atoms with Crippen LogP contribution in [0.2, 0.25) is 0 Å². The standard InChI is InChI=1S/C28H32BrFN4O4/c1-28(2,3)38-27(36)33-12-9-17(10-13-33)18-7-8-22-23(15-18)34(19-11-14-37-16-19)26(31-22)32-25(35)24-20(29)5-4-6-21(24)30/h4-8,15,17,19H,9-14,16H2,1-3H3,(H,31,32,35). The van der Waals surface area contributed by atoms with E-state index >= 15 is 0 Å². The van der Waals surface area contributed by atoms with Gasteiger partial charge in [0.05, 0.1) is 29.2 Å². The maximum atomic E-state index is 14.5. The number of aromatic nitrogens is 2. The van der Waals surface area contributed by atoms with E-state index in [1.165, 1.54) is 6.07 Å². The van der Waals surface area contributed by atoms with Crippen LogP contribution in [0.4, 0.5) is 15.1 Å². The number of piperidine rings is 1. The summed E-state index contributed by atoms with van der Waals surface area (Å²) in [5.74, 6) is -0.523. The number of fused-ring (bicyclic) bond motifs is 1. The highest BCUT2D eigenvalue weighted by molar-refractivity contribution is 9.10. The van der Waals surface area contributed by atoms with Crippen LogP contribution in [0.15, 0.2) is 40.9 Å². The van der Waals surface area contributed by atoms with Crippen LogP contribution in [-0.2, 0) is 9.47 Å². The molecule has 1 aromatic heterocycles. The lowest BCUT2D eigenvalue weighted by Gasteiger charge is -2.33. The first-order valence-electron chi connectivity index (χ1n) is 12.9. The number of anilines is 1. The molecule has 3 aromatic rings. The van der Waals surface area contributed by atoms with Gasteiger partial charge in [-0.2, -0.15) is 0 Å². The van der Waals surface area contributed by atoms with E-state index in [1.54, 1.807) is 17.0 Å². The number of nitrogens with zero attached hydrogens (tertiary/aromatic N) is 3. The summed E-state index contributed by atoms with van der Waals surface area (Å²) in [6.07, 6.45) is 2.18. The van der Waals surface area contributed by atoms with E-state index < -0.39 is 17.3 Å². The Balaban J connectivity index is 1.41. The molecule has 0 bridgehead atoms. The van der Waals surface area contributed by atoms with E-state index in [1.807, 2.05) is 31.4 Å². The molecule has 2 fully saturated rings. The normalized spacial score (nSPS) is 18.7. The van der Waals surface area contributed by atoms with Crippen LogP contribution < -0.4 is 5.32 Å². The van der Waals surface area contributed by atoms with Gasteiger partial charge in [0.15, 0.2) is 0 Å². The monoisotopic (exact) mass is 586 g/mol. The Morgan fingerprint density at radius 3 is 2.58 bits per heavy atom. The second kappa shape index (κ2) is 10.6. The predicted molar refractivity (Wildman–Crippen MR) is 146 cm³/mol. The average Bonchev–Trinajstić information content (AvgIpc) is 3.50. The van der Waals surface area contributed by atoms with Crippen molar-refractivity contribution in [2.24, 2.45) is 0 Å². The van der Waals surface area contributed by atoms with Gasteiger partial charge in [0.1, 0.15) is 11.4 Å². The Morgan fingerprint density at radius 1 is 1.16 bits per heavy atom. The summed E-state index contributed by atoms with van der Waals surface area (Å²) in [6, 6.07) is 10.6. The molecular weight excluding hydrogens is 555 g/mol. The molecular formula is C28H32BrFN4O4. The highest BCUT2D eigenvalue weighted by Gasteiger charge is 2.29. The van der Waals surface area contributed by atoms with E-state index in [-0.39, 0.29) is 23.6 Å². The number of halogens is 2. The van der Waals surface area contributed by atoms with E-state index in [0.717, 1.165) is 35.9 Å². The number of benzene rings is 2. The van der Waals surface area contributed by atoms with Crippen LogP contribution in [-0.4, -0.2) is 58.4 Å². The number of hydrogen-bond acceptors (Lipinski definition) is 5. The molecule has 38 heavy (non-hydrogen) atoms. The van der Waals surface area contributed by atoms with E-state index in [0.29, 0.717) is 36.7 Å². The highest BCUT2D eigenvalue weighted by atomic mass is 79.9. The van der Waals surface area contributed by atoms with Gasteiger partial charge in [-0.15, -0.1) is 0 Å². The number of carbonyl (C=O) groups is 2. The van der Waals surface area contributed by atoms with Gasteiger partial charge in [0.2, 0.25) is 5.95 Å². The van der Waals surface area contributed by atoms with Crippen molar-refractivity contribution in [2.45, 2.75) is 57.6 Å². The molecule has 0 saturated carbocycles. The molecule has 8 nitrogen and oxygen atoms in total. The molecule has 0 aliphatic carbocycles. The lowest BCUT2D eigenvalue weighted by Crippen LogP contribution is -2.41. The fourth-order valence-corrected chi connectivity index (χ4v) is 5.67. The number of nitrogens with one attached hydrogen (secondary N) is 1. The molecule has 1 unspecified atom stereocenters. The largest absolute Gasteiger partial charge is 0.444 e. The van der Waals surface area contributed by atoms with Crippen molar-refractivity contribution in [3.8, 4) is 0 Å². The van der Waals surface area contributed by atoms with Gasteiger partial charge in [-0.3, -0.25) is 10.1 Å². The van der Waals surface area contributed by atoms with Gasteiger partial charge in [-0.1, -0.05) is 12.1 Å². The highest BCUT2D eigenvalue weighted by Crippen LogP contribution is 2.35. The Morgan fingerprint density at radius 2 is 1.92 bits per heavy atom. The molecule has 3 heterocycles. The Bertz CT molecular complexity index is 1330. The molecule has 5 rings (SSSR count). The molecule has 2 aliphatic rings. The summed E-state index contributed by atoms with van der Waals surface area (Å²) in [6.45, 7) is 8.01. The zero-order chi connectivity index (χ0) is 27.0. The second-order valence-corrected chi connectivity index (χ2v) is 11.7. The fourth-order valence-electron chi connectivity index (χ4n) is 5.15. The van der Waals surface area contributed by atoms with E-state index in [4.69, 9.17) is 14.5 Å². The number of rotatable bonds is 4. The number of likely N-dealkylation sites (tertiary alicyclic amines) is 1. The zero-order valence-corrected chi connectivity index (χ0v) is 23.4. The molecule has 1 atom stereocenters. The third-order valence-corrected chi connectivity index (χ3v) is 7.68. The van der Waals surface area contributed by atoms with Crippen molar-refractivity contribution in [2.75, 3.05) is 31.6 Å². The molecule has 2 aromatic carbocycles. The quantitative estimate of drug-likeness (QED) is 0.389. The van der Waals surface area contributed by atoms with Gasteiger partial charge >= 0.3 is 6.09 Å². The van der Waals surface area contributed by atoms with Gasteiger partial charge in [-0.25, -0.2) is 14.2 Å². The minimum atomic E-state index is -0.608. The molecule has 2 amide bonds. The van der Waals surface area contributed by atoms with Crippen molar-refractivity contribution in [3.63, 3.8) is 0 Å². The van der Waals surface area contributed by atoms with Gasteiger partial charge in [0.25, 0.3) is 5.91 Å². The van der Waals surface area contributed by atoms with Crippen LogP contribution in [0.25, 0.3) is 11.0 Å². The van der Waals surface area contributed by atoms with Crippen molar-refractivity contribution in [1.29, 1.82) is 0 Å². The van der Waals surface area contributed by atoms with Gasteiger partial charge < -0.3 is 18.9 Å². The van der Waals surface area contributed by atoms with Crippen LogP contribution >= 0.6 is 15.9 Å². The lowest BCUT2D eigenvalue weighted by atomic mass is 9.89. The second-order valence-electron chi connectivity index (χ2n) is 10.9. The zero-order valence-electron chi connectivity index (χ0n) is 21.8. The first kappa shape index (κ1) is 26.6. The predicted octanol–water partition coefficient (Wildman–Crippen LogP) is 6.27. The Kier molecular flexibility index (Phi) is 7.46. The summed E-state index contributed by atoms with van der Waals surface area (Å²) in [4.78, 5) is 32.0. The summed E-state index contributed by atoms with van der Waals surface area (Å²) in [5, 5.41) is 2.84. The number of ether oxygens (including phenoxy) is 2. The third kappa shape index (κ3) is 5.56. The van der Waals surface area contributed by atoms with Crippen molar-refractivity contribution >= 4 is 44.9 Å². The minimum absolute atomic E-state index is 0.00336. The van der Waals surface area contributed by atoms with Crippen LogP contribution in [0, 0.1) is 5.82 Å². The minimum Gasteiger partial charge on any atom is -0.444 e. The molecule has 0 radical (unpaired) electrons. The summed E-state index contributed by atoms with van der Waals surface area (Å²) < 4.78 is 28.0. The lowest BCUT2D eigenvalue weighted by molar-refractivity contribution is 0.0204. The van der Waals surface area contributed by atoms with Crippen molar-refractivity contribution < 1.29 is 23.5 Å². The number of hydrogen-bond donors (Lipinski definition) is 1. The smallest absolute Gasteiger partial charge is 0.410 e. The Labute approximate surface area is 229 Å². The molecule has 1 N–H and O–H groups in total. The summed E-state index contributed by atoms with van der Waals surface area (Å²) >= 11 is 3.28. The Hall–Kier alpha value is -2.98. The first-order valence-corrected chi connectivity index (χ1v) is 13.7. The summed E-state index contributed by atoms with van der Waals surface area (Å²) in [5.41, 5.74) is 2.23. The molecule has 2 saturated heterocycles.